The van der Waals surface area contributed by atoms with Gasteiger partial charge in [-0.05, 0) is 40.9 Å². The number of carboxylic acids is 1. The standard InChI is InChI=1S/C13H12BrF4NO2/c14-10-8(12(20)21)3-4-9(11(10)15)19-5-1-2-7(6-19)13(16,17)18/h3-4,7H,1-2,5-6H2,(H,20,21). The van der Waals surface area contributed by atoms with Gasteiger partial charge in [-0.1, -0.05) is 0 Å². The molecule has 1 fully saturated rings. The first-order valence-electron chi connectivity index (χ1n) is 6.24. The van der Waals surface area contributed by atoms with Gasteiger partial charge in [0.25, 0.3) is 0 Å². The maximum Gasteiger partial charge on any atom is 0.393 e. The molecule has 0 saturated carbocycles. The Morgan fingerprint density at radius 3 is 2.62 bits per heavy atom. The molecule has 21 heavy (non-hydrogen) atoms. The minimum absolute atomic E-state index is 0.0131. The topological polar surface area (TPSA) is 40.5 Å². The molecular weight excluding hydrogens is 358 g/mol. The fraction of sp³-hybridized carbons (Fsp3) is 0.462. The quantitative estimate of drug-likeness (QED) is 0.799. The number of anilines is 1. The van der Waals surface area contributed by atoms with Gasteiger partial charge in [0.05, 0.1) is 21.6 Å². The molecule has 0 spiro atoms. The van der Waals surface area contributed by atoms with Crippen molar-refractivity contribution in [1.29, 1.82) is 0 Å². The van der Waals surface area contributed by atoms with Gasteiger partial charge in [-0.15, -0.1) is 0 Å². The molecule has 1 unspecified atom stereocenters. The van der Waals surface area contributed by atoms with Crippen LogP contribution in [0, 0.1) is 11.7 Å². The number of rotatable bonds is 2. The zero-order valence-electron chi connectivity index (χ0n) is 10.8. The molecule has 1 aromatic carbocycles. The van der Waals surface area contributed by atoms with Gasteiger partial charge in [0, 0.05) is 13.1 Å². The minimum Gasteiger partial charge on any atom is -0.478 e. The Morgan fingerprint density at radius 1 is 1.38 bits per heavy atom. The second kappa shape index (κ2) is 5.82. The van der Waals surface area contributed by atoms with Gasteiger partial charge >= 0.3 is 12.1 Å². The highest BCUT2D eigenvalue weighted by Gasteiger charge is 2.42. The third-order valence-electron chi connectivity index (χ3n) is 3.52. The summed E-state index contributed by atoms with van der Waals surface area (Å²) in [5, 5.41) is 8.88. The van der Waals surface area contributed by atoms with Crippen LogP contribution in [0.3, 0.4) is 0 Å². The van der Waals surface area contributed by atoms with Crippen LogP contribution >= 0.6 is 15.9 Å². The van der Waals surface area contributed by atoms with Gasteiger partial charge in [-0.25, -0.2) is 9.18 Å². The molecule has 3 nitrogen and oxygen atoms in total. The summed E-state index contributed by atoms with van der Waals surface area (Å²) in [5.74, 6) is -3.65. The Hall–Kier alpha value is -1.31. The molecule has 0 amide bonds. The van der Waals surface area contributed by atoms with E-state index in [-0.39, 0.29) is 28.7 Å². The lowest BCUT2D eigenvalue weighted by Crippen LogP contribution is -2.42. The van der Waals surface area contributed by atoms with E-state index in [1.807, 2.05) is 0 Å². The van der Waals surface area contributed by atoms with E-state index in [1.54, 1.807) is 0 Å². The van der Waals surface area contributed by atoms with E-state index >= 15 is 0 Å². The van der Waals surface area contributed by atoms with Crippen molar-refractivity contribution in [3.8, 4) is 0 Å². The Kier molecular flexibility index (Phi) is 4.46. The number of hydrogen-bond donors (Lipinski definition) is 1. The predicted octanol–water partition coefficient (Wildman–Crippen LogP) is 4.07. The molecule has 1 N–H and O–H groups in total. The van der Waals surface area contributed by atoms with E-state index in [1.165, 1.54) is 17.0 Å². The van der Waals surface area contributed by atoms with Crippen LogP contribution in [-0.4, -0.2) is 30.3 Å². The normalized spacial score (nSPS) is 19.7. The average Bonchev–Trinajstić information content (AvgIpc) is 2.40. The Balaban J connectivity index is 2.30. The van der Waals surface area contributed by atoms with Gasteiger partial charge in [0.2, 0.25) is 0 Å². The number of alkyl halides is 3. The van der Waals surface area contributed by atoms with Gasteiger partial charge in [-0.2, -0.15) is 13.2 Å². The number of carboxylic acid groups (broad SMARTS) is 1. The second-order valence-electron chi connectivity index (χ2n) is 4.89. The van der Waals surface area contributed by atoms with Crippen LogP contribution in [0.4, 0.5) is 23.2 Å². The number of aromatic carboxylic acids is 1. The average molecular weight is 370 g/mol. The first-order valence-corrected chi connectivity index (χ1v) is 7.04. The van der Waals surface area contributed by atoms with Crippen LogP contribution in [0.2, 0.25) is 0 Å². The molecule has 116 valence electrons. The zero-order chi connectivity index (χ0) is 15.8. The first kappa shape index (κ1) is 16.1. The minimum atomic E-state index is -4.31. The molecular formula is C13H12BrF4NO2. The molecule has 0 aromatic heterocycles. The molecule has 1 heterocycles. The van der Waals surface area contributed by atoms with E-state index < -0.39 is 23.9 Å². The van der Waals surface area contributed by atoms with Crippen LogP contribution in [0.25, 0.3) is 0 Å². The highest BCUT2D eigenvalue weighted by Crippen LogP contribution is 2.37. The predicted molar refractivity (Wildman–Crippen MR) is 72.1 cm³/mol. The maximum atomic E-state index is 14.2. The number of benzene rings is 1. The van der Waals surface area contributed by atoms with E-state index in [9.17, 15) is 22.4 Å². The van der Waals surface area contributed by atoms with Gasteiger partial charge < -0.3 is 10.0 Å². The lowest BCUT2D eigenvalue weighted by molar-refractivity contribution is -0.176. The van der Waals surface area contributed by atoms with Crippen molar-refractivity contribution >= 4 is 27.6 Å². The van der Waals surface area contributed by atoms with E-state index in [0.717, 1.165) is 0 Å². The first-order chi connectivity index (χ1) is 9.71. The molecule has 1 atom stereocenters. The van der Waals surface area contributed by atoms with Crippen molar-refractivity contribution in [1.82, 2.24) is 0 Å². The molecule has 0 aliphatic carbocycles. The van der Waals surface area contributed by atoms with Crippen molar-refractivity contribution in [3.05, 3.63) is 28.0 Å². The fourth-order valence-electron chi connectivity index (χ4n) is 2.41. The van der Waals surface area contributed by atoms with Gasteiger partial charge in [0.1, 0.15) is 0 Å². The molecule has 1 aliphatic heterocycles. The van der Waals surface area contributed by atoms with Crippen molar-refractivity contribution in [2.45, 2.75) is 19.0 Å². The zero-order valence-corrected chi connectivity index (χ0v) is 12.3. The Labute approximate surface area is 126 Å². The summed E-state index contributed by atoms with van der Waals surface area (Å²) in [5.41, 5.74) is -0.276. The number of nitrogens with zero attached hydrogens (tertiary/aromatic N) is 1. The third kappa shape index (κ3) is 3.30. The van der Waals surface area contributed by atoms with Crippen LogP contribution in [0.5, 0.6) is 0 Å². The second-order valence-corrected chi connectivity index (χ2v) is 5.69. The number of carbonyl (C=O) groups is 1. The number of piperidine rings is 1. The SMILES string of the molecule is O=C(O)c1ccc(N2CCCC(C(F)(F)F)C2)c(F)c1Br. The van der Waals surface area contributed by atoms with Crippen molar-refractivity contribution in [2.24, 2.45) is 5.92 Å². The van der Waals surface area contributed by atoms with Crippen molar-refractivity contribution in [2.75, 3.05) is 18.0 Å². The van der Waals surface area contributed by atoms with Gasteiger partial charge in [-0.3, -0.25) is 0 Å². The summed E-state index contributed by atoms with van der Waals surface area (Å²) in [7, 11) is 0. The van der Waals surface area contributed by atoms with Crippen LogP contribution in [-0.2, 0) is 0 Å². The molecule has 0 bridgehead atoms. The molecule has 1 aliphatic rings. The maximum absolute atomic E-state index is 14.2. The van der Waals surface area contributed by atoms with Crippen LogP contribution < -0.4 is 4.90 Å². The molecule has 1 saturated heterocycles. The lowest BCUT2D eigenvalue weighted by atomic mass is 9.97. The Bertz CT molecular complexity index is 562. The molecule has 1 aromatic rings. The highest BCUT2D eigenvalue weighted by atomic mass is 79.9. The Morgan fingerprint density at radius 2 is 2.05 bits per heavy atom. The van der Waals surface area contributed by atoms with Crippen LogP contribution in [0.15, 0.2) is 16.6 Å². The number of hydrogen-bond acceptors (Lipinski definition) is 2. The van der Waals surface area contributed by atoms with E-state index in [4.69, 9.17) is 5.11 Å². The molecule has 2 rings (SSSR count). The lowest BCUT2D eigenvalue weighted by Gasteiger charge is -2.35. The summed E-state index contributed by atoms with van der Waals surface area (Å²) in [4.78, 5) is 12.2. The van der Waals surface area contributed by atoms with Gasteiger partial charge in [0.15, 0.2) is 5.82 Å². The highest BCUT2D eigenvalue weighted by molar-refractivity contribution is 9.10. The smallest absolute Gasteiger partial charge is 0.393 e. The van der Waals surface area contributed by atoms with E-state index in [0.29, 0.717) is 13.0 Å². The van der Waals surface area contributed by atoms with Crippen LogP contribution in [0.1, 0.15) is 23.2 Å². The monoisotopic (exact) mass is 369 g/mol. The summed E-state index contributed by atoms with van der Waals surface area (Å²) in [6.45, 7) is -0.0123. The summed E-state index contributed by atoms with van der Waals surface area (Å²) < 4.78 is 52.3. The third-order valence-corrected chi connectivity index (χ3v) is 4.29. The molecule has 8 heteroatoms. The van der Waals surface area contributed by atoms with E-state index in [2.05, 4.69) is 15.9 Å². The summed E-state index contributed by atoms with van der Waals surface area (Å²) >= 11 is 2.85. The fourth-order valence-corrected chi connectivity index (χ4v) is 2.92. The summed E-state index contributed by atoms with van der Waals surface area (Å²) in [6.07, 6.45) is -3.98. The largest absolute Gasteiger partial charge is 0.478 e. The number of halogens is 5. The van der Waals surface area contributed by atoms with Crippen molar-refractivity contribution < 1.29 is 27.5 Å². The summed E-state index contributed by atoms with van der Waals surface area (Å²) in [6, 6.07) is 2.39. The molecule has 0 radical (unpaired) electrons. The van der Waals surface area contributed by atoms with Crippen molar-refractivity contribution in [3.63, 3.8) is 0 Å².